The molecule has 0 atom stereocenters. The third-order valence-corrected chi connectivity index (χ3v) is 2.77. The van der Waals surface area contributed by atoms with Crippen molar-refractivity contribution in [2.45, 2.75) is 6.92 Å². The predicted molar refractivity (Wildman–Crippen MR) is 46.9 cm³/mol. The van der Waals surface area contributed by atoms with Crippen LogP contribution in [0.25, 0.3) is 5.57 Å². The van der Waals surface area contributed by atoms with Crippen molar-refractivity contribution in [1.82, 2.24) is 0 Å². The van der Waals surface area contributed by atoms with Crippen molar-refractivity contribution in [3.63, 3.8) is 0 Å². The smallest absolute Gasteiger partial charge is 0.0304 e. The summed E-state index contributed by atoms with van der Waals surface area (Å²) in [6.07, 6.45) is 0. The van der Waals surface area contributed by atoms with Crippen molar-refractivity contribution in [2.75, 3.05) is 0 Å². The molecule has 0 N–H and O–H groups in total. The summed E-state index contributed by atoms with van der Waals surface area (Å²) in [7, 11) is 0. The topological polar surface area (TPSA) is 0 Å². The van der Waals surface area contributed by atoms with Crippen LogP contribution >= 0.6 is 27.3 Å². The summed E-state index contributed by atoms with van der Waals surface area (Å²) in [5, 5.41) is 2.08. The van der Waals surface area contributed by atoms with Crippen molar-refractivity contribution < 1.29 is 0 Å². The highest BCUT2D eigenvalue weighted by atomic mass is 79.9. The molecule has 0 aliphatic carbocycles. The molecule has 1 aromatic heterocycles. The van der Waals surface area contributed by atoms with Crippen LogP contribution in [0.2, 0.25) is 0 Å². The first-order valence-corrected chi connectivity index (χ1v) is 4.45. The number of halogens is 1. The molecule has 1 rings (SSSR count). The van der Waals surface area contributed by atoms with Gasteiger partial charge in [-0.3, -0.25) is 0 Å². The average molecular weight is 203 g/mol. The molecule has 0 spiro atoms. The summed E-state index contributed by atoms with van der Waals surface area (Å²) in [5.41, 5.74) is 1.28. The molecule has 0 radical (unpaired) electrons. The first-order chi connectivity index (χ1) is 4.34. The molecule has 0 saturated carbocycles. The maximum atomic E-state index is 3.28. The molecule has 0 aliphatic heterocycles. The van der Waals surface area contributed by atoms with Crippen molar-refractivity contribution in [2.24, 2.45) is 0 Å². The lowest BCUT2D eigenvalue weighted by atomic mass is 10.3. The van der Waals surface area contributed by atoms with Gasteiger partial charge < -0.3 is 0 Å². The molecule has 0 fully saturated rings. The van der Waals surface area contributed by atoms with Crippen LogP contribution in [0.15, 0.2) is 22.5 Å². The quantitative estimate of drug-likeness (QED) is 0.655. The summed E-state index contributed by atoms with van der Waals surface area (Å²) >= 11 is 5.04. The van der Waals surface area contributed by atoms with E-state index in [9.17, 15) is 0 Å². The Bertz CT molecular complexity index is 199. The van der Waals surface area contributed by atoms with Gasteiger partial charge in [-0.15, -0.1) is 11.3 Å². The monoisotopic (exact) mass is 202 g/mol. The van der Waals surface area contributed by atoms with Crippen LogP contribution in [0.4, 0.5) is 0 Å². The Morgan fingerprint density at radius 2 is 2.56 bits per heavy atom. The third kappa shape index (κ3) is 1.66. The number of allylic oxidation sites excluding steroid dienone is 1. The lowest BCUT2D eigenvalue weighted by Gasteiger charge is -1.89. The summed E-state index contributed by atoms with van der Waals surface area (Å²) in [6, 6.07) is 4.16. The van der Waals surface area contributed by atoms with Gasteiger partial charge in [0.15, 0.2) is 0 Å². The van der Waals surface area contributed by atoms with E-state index in [1.165, 1.54) is 10.5 Å². The van der Waals surface area contributed by atoms with E-state index in [1.807, 2.05) is 4.99 Å². The molecule has 2 heteroatoms. The van der Waals surface area contributed by atoms with Gasteiger partial charge in [0.2, 0.25) is 0 Å². The Hall–Kier alpha value is -0.0800. The average Bonchev–Trinajstić information content (AvgIpc) is 2.37. The van der Waals surface area contributed by atoms with E-state index in [2.05, 4.69) is 40.4 Å². The largest absolute Gasteiger partial charge is 0.144 e. The fraction of sp³-hybridized carbons (Fsp3) is 0.143. The van der Waals surface area contributed by atoms with Crippen LogP contribution in [0, 0.1) is 0 Å². The highest BCUT2D eigenvalue weighted by Crippen LogP contribution is 2.19. The van der Waals surface area contributed by atoms with Crippen molar-refractivity contribution >= 4 is 32.8 Å². The van der Waals surface area contributed by atoms with Gasteiger partial charge in [0.1, 0.15) is 0 Å². The van der Waals surface area contributed by atoms with Crippen LogP contribution in [0.3, 0.4) is 0 Å². The highest BCUT2D eigenvalue weighted by molar-refractivity contribution is 9.11. The first kappa shape index (κ1) is 7.03. The zero-order chi connectivity index (χ0) is 6.69. The number of hydrogen-bond donors (Lipinski definition) is 0. The second kappa shape index (κ2) is 3.18. The Kier molecular flexibility index (Phi) is 2.49. The number of hydrogen-bond acceptors (Lipinski definition) is 1. The molecule has 1 aromatic rings. The van der Waals surface area contributed by atoms with Gasteiger partial charge in [0.05, 0.1) is 0 Å². The summed E-state index contributed by atoms with van der Waals surface area (Å²) in [4.78, 5) is 3.27. The molecular formula is C7H7BrS. The molecular weight excluding hydrogens is 196 g/mol. The molecule has 48 valence electrons. The van der Waals surface area contributed by atoms with E-state index >= 15 is 0 Å². The van der Waals surface area contributed by atoms with Gasteiger partial charge in [-0.2, -0.15) is 0 Å². The van der Waals surface area contributed by atoms with E-state index in [4.69, 9.17) is 0 Å². The van der Waals surface area contributed by atoms with Crippen LogP contribution < -0.4 is 0 Å². The van der Waals surface area contributed by atoms with Crippen molar-refractivity contribution in [3.05, 3.63) is 27.4 Å². The van der Waals surface area contributed by atoms with E-state index in [-0.39, 0.29) is 0 Å². The maximum absolute atomic E-state index is 3.28. The molecule has 1 heterocycles. The van der Waals surface area contributed by atoms with Crippen LogP contribution in [-0.4, -0.2) is 0 Å². The minimum absolute atomic E-state index is 1.28. The normalized spacial score (nSPS) is 12.0. The predicted octanol–water partition coefficient (Wildman–Crippen LogP) is 3.50. The fourth-order valence-corrected chi connectivity index (χ4v) is 1.66. The van der Waals surface area contributed by atoms with E-state index < -0.39 is 0 Å². The van der Waals surface area contributed by atoms with Crippen molar-refractivity contribution in [1.29, 1.82) is 0 Å². The summed E-state index contributed by atoms with van der Waals surface area (Å²) in [6.45, 7) is 2.08. The van der Waals surface area contributed by atoms with Gasteiger partial charge in [-0.1, -0.05) is 22.0 Å². The Labute approximate surface area is 67.3 Å². The molecule has 0 aromatic carbocycles. The number of rotatable bonds is 1. The zero-order valence-corrected chi connectivity index (χ0v) is 7.50. The second-order valence-corrected chi connectivity index (χ2v) is 3.17. The second-order valence-electron chi connectivity index (χ2n) is 1.77. The van der Waals surface area contributed by atoms with Gasteiger partial charge in [-0.25, -0.2) is 0 Å². The van der Waals surface area contributed by atoms with Crippen LogP contribution in [-0.2, 0) is 0 Å². The maximum Gasteiger partial charge on any atom is 0.0304 e. The fourth-order valence-electron chi connectivity index (χ4n) is 0.557. The summed E-state index contributed by atoms with van der Waals surface area (Å²) in [5.74, 6) is 0. The van der Waals surface area contributed by atoms with Crippen molar-refractivity contribution in [3.8, 4) is 0 Å². The molecule has 0 aliphatic rings. The van der Waals surface area contributed by atoms with Gasteiger partial charge in [-0.05, 0) is 28.9 Å². The molecule has 9 heavy (non-hydrogen) atoms. The van der Waals surface area contributed by atoms with E-state index in [1.54, 1.807) is 11.3 Å². The molecule has 0 saturated heterocycles. The molecule has 0 amide bonds. The third-order valence-electron chi connectivity index (χ3n) is 1.07. The lowest BCUT2D eigenvalue weighted by molar-refractivity contribution is 1.74. The molecule has 0 bridgehead atoms. The molecule has 0 nitrogen and oxygen atoms in total. The minimum atomic E-state index is 1.28. The van der Waals surface area contributed by atoms with Crippen LogP contribution in [0.1, 0.15) is 11.8 Å². The highest BCUT2D eigenvalue weighted by Gasteiger charge is 1.91. The molecule has 0 unspecified atom stereocenters. The van der Waals surface area contributed by atoms with Gasteiger partial charge >= 0.3 is 0 Å². The van der Waals surface area contributed by atoms with Gasteiger partial charge in [0, 0.05) is 4.88 Å². The minimum Gasteiger partial charge on any atom is -0.144 e. The SMILES string of the molecule is C/C(=C\Br)c1cccs1. The van der Waals surface area contributed by atoms with E-state index in [0.29, 0.717) is 0 Å². The number of thiophene rings is 1. The Morgan fingerprint density at radius 1 is 1.78 bits per heavy atom. The Balaban J connectivity index is 2.90. The van der Waals surface area contributed by atoms with Crippen LogP contribution in [0.5, 0.6) is 0 Å². The lowest BCUT2D eigenvalue weighted by Crippen LogP contribution is -1.64. The first-order valence-electron chi connectivity index (χ1n) is 2.65. The van der Waals surface area contributed by atoms with E-state index in [0.717, 1.165) is 0 Å². The van der Waals surface area contributed by atoms with Gasteiger partial charge in [0.25, 0.3) is 0 Å². The summed E-state index contributed by atoms with van der Waals surface area (Å²) < 4.78 is 0. The standard InChI is InChI=1S/C7H7BrS/c1-6(5-8)7-3-2-4-9-7/h2-5H,1H3/b6-5+. The Morgan fingerprint density at radius 3 is 3.00 bits per heavy atom. The zero-order valence-electron chi connectivity index (χ0n) is 5.10.